The number of allylic oxidation sites excluding steroid dienone is 4. The molecule has 1 N–H and O–H groups in total. The molecule has 2 aromatic carbocycles. The Morgan fingerprint density at radius 2 is 1.82 bits per heavy atom. The smallest absolute Gasteiger partial charge is 0.0388 e. The third kappa shape index (κ3) is 2.97. The van der Waals surface area contributed by atoms with Gasteiger partial charge in [0.2, 0.25) is 0 Å². The first-order valence-electron chi connectivity index (χ1n) is 5.85. The highest BCUT2D eigenvalue weighted by Crippen LogP contribution is 2.19. The Balaban J connectivity index is 2.25. The van der Waals surface area contributed by atoms with Gasteiger partial charge in [-0.3, -0.25) is 0 Å². The Labute approximate surface area is 102 Å². The Kier molecular flexibility index (Phi) is 3.61. The average molecular weight is 223 g/mol. The van der Waals surface area contributed by atoms with Gasteiger partial charge in [-0.15, -0.1) is 0 Å². The molecule has 0 aliphatic rings. The molecule has 2 rings (SSSR count). The molecule has 0 saturated carbocycles. The second kappa shape index (κ2) is 5.35. The third-order valence-corrected chi connectivity index (χ3v) is 2.63. The molecule has 1 nitrogen and oxygen atoms in total. The fraction of sp³-hybridized carbons (Fsp3) is 0.125. The summed E-state index contributed by atoms with van der Waals surface area (Å²) in [7, 11) is 0. The topological polar surface area (TPSA) is 12.0 Å². The number of benzene rings is 2. The molecule has 0 heterocycles. The van der Waals surface area contributed by atoms with Crippen LogP contribution in [0.2, 0.25) is 0 Å². The summed E-state index contributed by atoms with van der Waals surface area (Å²) in [6, 6.07) is 14.8. The minimum atomic E-state index is 1.13. The highest BCUT2D eigenvalue weighted by molar-refractivity contribution is 5.85. The van der Waals surface area contributed by atoms with E-state index in [2.05, 4.69) is 60.8 Å². The van der Waals surface area contributed by atoms with Crippen molar-refractivity contribution in [3.63, 3.8) is 0 Å². The Morgan fingerprint density at radius 3 is 2.59 bits per heavy atom. The van der Waals surface area contributed by atoms with Crippen LogP contribution in [0.1, 0.15) is 13.8 Å². The van der Waals surface area contributed by atoms with Crippen LogP contribution in [0.5, 0.6) is 0 Å². The minimum absolute atomic E-state index is 1.13. The van der Waals surface area contributed by atoms with E-state index < -0.39 is 0 Å². The summed E-state index contributed by atoms with van der Waals surface area (Å²) >= 11 is 0. The molecule has 2 aromatic rings. The van der Waals surface area contributed by atoms with Gasteiger partial charge >= 0.3 is 0 Å². The van der Waals surface area contributed by atoms with E-state index in [4.69, 9.17) is 0 Å². The molecule has 0 fully saturated rings. The van der Waals surface area contributed by atoms with Gasteiger partial charge in [0.05, 0.1) is 0 Å². The molecule has 0 amide bonds. The standard InChI is InChI=1S/C16H17N/c1-3-4-7-13(2)17-16-11-10-14-8-5-6-9-15(14)12-16/h3-12,17H,1-2H3/b4-3-,13-7+. The third-order valence-electron chi connectivity index (χ3n) is 2.63. The van der Waals surface area contributed by atoms with Gasteiger partial charge in [-0.1, -0.05) is 42.5 Å². The normalized spacial score (nSPS) is 12.2. The molecular weight excluding hydrogens is 206 g/mol. The van der Waals surface area contributed by atoms with Gasteiger partial charge in [-0.05, 0) is 42.8 Å². The minimum Gasteiger partial charge on any atom is -0.359 e. The molecule has 1 heteroatoms. The largest absolute Gasteiger partial charge is 0.359 e. The first-order chi connectivity index (χ1) is 8.29. The highest BCUT2D eigenvalue weighted by Gasteiger charge is 1.95. The summed E-state index contributed by atoms with van der Waals surface area (Å²) in [6.45, 7) is 4.08. The molecule has 0 saturated heterocycles. The molecular formula is C16H17N. The molecule has 86 valence electrons. The van der Waals surface area contributed by atoms with Crippen LogP contribution in [0.25, 0.3) is 10.8 Å². The zero-order valence-electron chi connectivity index (χ0n) is 10.3. The van der Waals surface area contributed by atoms with Crippen LogP contribution in [-0.4, -0.2) is 0 Å². The van der Waals surface area contributed by atoms with Crippen LogP contribution in [0.15, 0.2) is 66.4 Å². The lowest BCUT2D eigenvalue weighted by atomic mass is 10.1. The van der Waals surface area contributed by atoms with Crippen molar-refractivity contribution in [3.8, 4) is 0 Å². The van der Waals surface area contributed by atoms with Gasteiger partial charge in [-0.25, -0.2) is 0 Å². The quantitative estimate of drug-likeness (QED) is 0.742. The molecule has 0 atom stereocenters. The monoisotopic (exact) mass is 223 g/mol. The molecule has 0 spiro atoms. The van der Waals surface area contributed by atoms with Crippen molar-refractivity contribution in [3.05, 3.63) is 66.4 Å². The van der Waals surface area contributed by atoms with Crippen molar-refractivity contribution in [1.29, 1.82) is 0 Å². The van der Waals surface area contributed by atoms with Gasteiger partial charge in [-0.2, -0.15) is 0 Å². The van der Waals surface area contributed by atoms with Crippen molar-refractivity contribution in [2.24, 2.45) is 0 Å². The lowest BCUT2D eigenvalue weighted by Gasteiger charge is -2.07. The Morgan fingerprint density at radius 1 is 1.06 bits per heavy atom. The molecule has 0 radical (unpaired) electrons. The number of hydrogen-bond acceptors (Lipinski definition) is 1. The summed E-state index contributed by atoms with van der Waals surface area (Å²) in [5, 5.41) is 5.91. The molecule has 0 aliphatic carbocycles. The van der Waals surface area contributed by atoms with Gasteiger partial charge < -0.3 is 5.32 Å². The van der Waals surface area contributed by atoms with Gasteiger partial charge in [0.25, 0.3) is 0 Å². The Hall–Kier alpha value is -2.02. The van der Waals surface area contributed by atoms with Gasteiger partial charge in [0.1, 0.15) is 0 Å². The number of rotatable bonds is 3. The highest BCUT2D eigenvalue weighted by atomic mass is 14.9. The molecule has 0 bridgehead atoms. The lowest BCUT2D eigenvalue weighted by Crippen LogP contribution is -1.94. The maximum Gasteiger partial charge on any atom is 0.0388 e. The van der Waals surface area contributed by atoms with Crippen LogP contribution in [0, 0.1) is 0 Å². The molecule has 0 unspecified atom stereocenters. The number of anilines is 1. The molecule has 0 aromatic heterocycles. The lowest BCUT2D eigenvalue weighted by molar-refractivity contribution is 1.38. The summed E-state index contributed by atoms with van der Waals surface area (Å²) in [5.74, 6) is 0. The second-order valence-corrected chi connectivity index (χ2v) is 4.06. The van der Waals surface area contributed by atoms with Crippen molar-refractivity contribution < 1.29 is 0 Å². The van der Waals surface area contributed by atoms with Crippen LogP contribution in [0.3, 0.4) is 0 Å². The zero-order chi connectivity index (χ0) is 12.1. The Bertz CT molecular complexity index is 565. The van der Waals surface area contributed by atoms with E-state index in [1.165, 1.54) is 10.8 Å². The van der Waals surface area contributed by atoms with Crippen molar-refractivity contribution in [2.75, 3.05) is 5.32 Å². The molecule has 0 aliphatic heterocycles. The van der Waals surface area contributed by atoms with Crippen molar-refractivity contribution in [2.45, 2.75) is 13.8 Å². The maximum atomic E-state index is 3.38. The van der Waals surface area contributed by atoms with Crippen molar-refractivity contribution in [1.82, 2.24) is 0 Å². The fourth-order valence-electron chi connectivity index (χ4n) is 1.78. The number of hydrogen-bond donors (Lipinski definition) is 1. The summed E-state index contributed by atoms with van der Waals surface area (Å²) in [6.07, 6.45) is 6.12. The summed E-state index contributed by atoms with van der Waals surface area (Å²) in [4.78, 5) is 0. The van der Waals surface area contributed by atoms with Gasteiger partial charge in [0, 0.05) is 11.4 Å². The number of nitrogens with one attached hydrogen (secondary N) is 1. The maximum absolute atomic E-state index is 3.38. The van der Waals surface area contributed by atoms with Crippen LogP contribution >= 0.6 is 0 Å². The average Bonchev–Trinajstić information content (AvgIpc) is 2.36. The predicted molar refractivity (Wildman–Crippen MR) is 76.1 cm³/mol. The van der Waals surface area contributed by atoms with E-state index in [1.807, 2.05) is 19.1 Å². The second-order valence-electron chi connectivity index (χ2n) is 4.06. The van der Waals surface area contributed by atoms with E-state index in [-0.39, 0.29) is 0 Å². The van der Waals surface area contributed by atoms with E-state index in [0.717, 1.165) is 11.4 Å². The van der Waals surface area contributed by atoms with Crippen LogP contribution in [0.4, 0.5) is 5.69 Å². The number of fused-ring (bicyclic) bond motifs is 1. The molecule has 17 heavy (non-hydrogen) atoms. The SMILES string of the molecule is C/C=C\C=C(/C)Nc1ccc2ccccc2c1. The zero-order valence-corrected chi connectivity index (χ0v) is 10.3. The van der Waals surface area contributed by atoms with Crippen LogP contribution < -0.4 is 5.32 Å². The summed E-state index contributed by atoms with van der Waals surface area (Å²) < 4.78 is 0. The van der Waals surface area contributed by atoms with E-state index >= 15 is 0 Å². The first kappa shape index (κ1) is 11.5. The summed E-state index contributed by atoms with van der Waals surface area (Å²) in [5.41, 5.74) is 2.26. The first-order valence-corrected chi connectivity index (χ1v) is 5.85. The fourth-order valence-corrected chi connectivity index (χ4v) is 1.78. The van der Waals surface area contributed by atoms with E-state index in [0.29, 0.717) is 0 Å². The van der Waals surface area contributed by atoms with Gasteiger partial charge in [0.15, 0.2) is 0 Å². The van der Waals surface area contributed by atoms with Crippen molar-refractivity contribution >= 4 is 16.5 Å². The van der Waals surface area contributed by atoms with E-state index in [1.54, 1.807) is 0 Å². The van der Waals surface area contributed by atoms with E-state index in [9.17, 15) is 0 Å². The van der Waals surface area contributed by atoms with Crippen LogP contribution in [-0.2, 0) is 0 Å². The predicted octanol–water partition coefficient (Wildman–Crippen LogP) is 4.73.